The van der Waals surface area contributed by atoms with Gasteiger partial charge >= 0.3 is 5.97 Å². The molecule has 0 unspecified atom stereocenters. The summed E-state index contributed by atoms with van der Waals surface area (Å²) in [6, 6.07) is 10.5. The first-order chi connectivity index (χ1) is 11.2. The Morgan fingerprint density at radius 2 is 2.09 bits per heavy atom. The third kappa shape index (κ3) is 3.11. The maximum Gasteiger partial charge on any atom is 0.348 e. The molecule has 1 aromatic heterocycles. The quantitative estimate of drug-likeness (QED) is 0.642. The lowest BCUT2D eigenvalue weighted by Crippen LogP contribution is -2.47. The van der Waals surface area contributed by atoms with E-state index in [1.807, 2.05) is 0 Å². The van der Waals surface area contributed by atoms with Crippen LogP contribution in [0.5, 0.6) is 5.75 Å². The second kappa shape index (κ2) is 6.39. The van der Waals surface area contributed by atoms with E-state index in [1.165, 1.54) is 24.3 Å². The van der Waals surface area contributed by atoms with Gasteiger partial charge in [-0.25, -0.2) is 4.79 Å². The van der Waals surface area contributed by atoms with Crippen LogP contribution in [0.4, 0.5) is 5.69 Å². The fraction of sp³-hybridized carbons (Fsp3) is 0.176. The van der Waals surface area contributed by atoms with Gasteiger partial charge in [-0.1, -0.05) is 12.1 Å². The van der Waals surface area contributed by atoms with Crippen LogP contribution in [0.2, 0.25) is 0 Å². The van der Waals surface area contributed by atoms with Crippen molar-refractivity contribution in [2.45, 2.75) is 6.10 Å². The summed E-state index contributed by atoms with van der Waals surface area (Å²) in [5, 5.41) is 0. The zero-order valence-corrected chi connectivity index (χ0v) is 12.5. The molecule has 23 heavy (non-hydrogen) atoms. The molecule has 1 aliphatic heterocycles. The number of furan rings is 1. The van der Waals surface area contributed by atoms with Crippen molar-refractivity contribution in [3.05, 3.63) is 54.5 Å². The number of carbonyl (C=O) groups excluding carboxylic acids is 2. The van der Waals surface area contributed by atoms with E-state index in [9.17, 15) is 9.59 Å². The standard InChI is InChI=1S/C17H15NO5/c1-21-17(20)15-11-18(13-6-2-3-7-14(13)23-15)16(19)9-8-12-5-4-10-22-12/h2-10,15H,11H2,1H3/b9-8+/t15-/m0/s1. The molecule has 0 saturated carbocycles. The minimum absolute atomic E-state index is 0.0883. The number of hydrogen-bond donors (Lipinski definition) is 0. The molecule has 3 rings (SSSR count). The zero-order valence-electron chi connectivity index (χ0n) is 12.5. The first-order valence-electron chi connectivity index (χ1n) is 7.05. The maximum absolute atomic E-state index is 12.5. The molecule has 0 fully saturated rings. The molecule has 1 aliphatic rings. The highest BCUT2D eigenvalue weighted by Gasteiger charge is 2.33. The van der Waals surface area contributed by atoms with Gasteiger partial charge in [0, 0.05) is 6.08 Å². The van der Waals surface area contributed by atoms with Crippen molar-refractivity contribution in [2.75, 3.05) is 18.6 Å². The minimum Gasteiger partial charge on any atom is -0.475 e. The van der Waals surface area contributed by atoms with E-state index < -0.39 is 12.1 Å². The fourth-order valence-corrected chi connectivity index (χ4v) is 2.33. The molecule has 1 atom stereocenters. The molecular formula is C17H15NO5. The molecule has 0 bridgehead atoms. The lowest BCUT2D eigenvalue weighted by atomic mass is 10.2. The second-order valence-electron chi connectivity index (χ2n) is 4.89. The van der Waals surface area contributed by atoms with Gasteiger partial charge in [0.2, 0.25) is 6.10 Å². The number of esters is 1. The van der Waals surface area contributed by atoms with Gasteiger partial charge in [0.15, 0.2) is 0 Å². The highest BCUT2D eigenvalue weighted by molar-refractivity contribution is 6.05. The Hall–Kier alpha value is -3.02. The number of carbonyl (C=O) groups is 2. The number of ether oxygens (including phenoxy) is 2. The van der Waals surface area contributed by atoms with Crippen LogP contribution in [0, 0.1) is 0 Å². The lowest BCUT2D eigenvalue weighted by molar-refractivity contribution is -0.148. The molecule has 118 valence electrons. The molecule has 0 N–H and O–H groups in total. The summed E-state index contributed by atoms with van der Waals surface area (Å²) in [6.45, 7) is 0.0883. The zero-order chi connectivity index (χ0) is 16.2. The lowest BCUT2D eigenvalue weighted by Gasteiger charge is -2.32. The summed E-state index contributed by atoms with van der Waals surface area (Å²) in [7, 11) is 1.29. The molecule has 6 heteroatoms. The Bertz CT molecular complexity index is 735. The van der Waals surface area contributed by atoms with Gasteiger partial charge in [0.1, 0.15) is 11.5 Å². The van der Waals surface area contributed by atoms with Gasteiger partial charge in [-0.05, 0) is 30.3 Å². The van der Waals surface area contributed by atoms with Crippen molar-refractivity contribution in [1.29, 1.82) is 0 Å². The third-order valence-electron chi connectivity index (χ3n) is 3.44. The molecule has 0 saturated heterocycles. The van der Waals surface area contributed by atoms with E-state index in [4.69, 9.17) is 13.9 Å². The largest absolute Gasteiger partial charge is 0.475 e. The van der Waals surface area contributed by atoms with Gasteiger partial charge in [0.25, 0.3) is 5.91 Å². The number of nitrogens with zero attached hydrogens (tertiary/aromatic N) is 1. The maximum atomic E-state index is 12.5. The topological polar surface area (TPSA) is 69.0 Å². The van der Waals surface area contributed by atoms with Crippen LogP contribution in [0.3, 0.4) is 0 Å². The molecule has 0 spiro atoms. The van der Waals surface area contributed by atoms with E-state index in [1.54, 1.807) is 42.5 Å². The first-order valence-corrected chi connectivity index (χ1v) is 7.05. The fourth-order valence-electron chi connectivity index (χ4n) is 2.33. The average molecular weight is 313 g/mol. The molecule has 6 nitrogen and oxygen atoms in total. The molecule has 2 heterocycles. The van der Waals surface area contributed by atoms with E-state index in [0.717, 1.165) is 0 Å². The molecule has 2 aromatic rings. The van der Waals surface area contributed by atoms with Crippen molar-refractivity contribution in [1.82, 2.24) is 0 Å². The monoisotopic (exact) mass is 313 g/mol. The number of benzene rings is 1. The Morgan fingerprint density at radius 3 is 2.83 bits per heavy atom. The Balaban J connectivity index is 1.87. The van der Waals surface area contributed by atoms with Crippen molar-refractivity contribution in [3.63, 3.8) is 0 Å². The summed E-state index contributed by atoms with van der Waals surface area (Å²) in [6.07, 6.45) is 3.65. The van der Waals surface area contributed by atoms with Gasteiger partial charge in [-0.15, -0.1) is 0 Å². The number of anilines is 1. The Morgan fingerprint density at radius 1 is 1.26 bits per heavy atom. The van der Waals surface area contributed by atoms with Gasteiger partial charge < -0.3 is 18.8 Å². The molecule has 1 aromatic carbocycles. The highest BCUT2D eigenvalue weighted by atomic mass is 16.6. The summed E-state index contributed by atoms with van der Waals surface area (Å²) >= 11 is 0. The SMILES string of the molecule is COC(=O)[C@@H]1CN(C(=O)/C=C/c2ccco2)c2ccccc2O1. The molecular weight excluding hydrogens is 298 g/mol. The van der Waals surface area contributed by atoms with Gasteiger partial charge in [-0.2, -0.15) is 0 Å². The van der Waals surface area contributed by atoms with Crippen molar-refractivity contribution in [3.8, 4) is 5.75 Å². The number of amides is 1. The summed E-state index contributed by atoms with van der Waals surface area (Å²) in [4.78, 5) is 25.8. The number of methoxy groups -OCH3 is 1. The average Bonchev–Trinajstić information content (AvgIpc) is 3.11. The van der Waals surface area contributed by atoms with Crippen molar-refractivity contribution < 1.29 is 23.5 Å². The third-order valence-corrected chi connectivity index (χ3v) is 3.44. The van der Waals surface area contributed by atoms with Crippen LogP contribution in [0.25, 0.3) is 6.08 Å². The van der Waals surface area contributed by atoms with E-state index in [-0.39, 0.29) is 12.5 Å². The number of para-hydroxylation sites is 2. The van der Waals surface area contributed by atoms with E-state index >= 15 is 0 Å². The number of hydrogen-bond acceptors (Lipinski definition) is 5. The van der Waals surface area contributed by atoms with Gasteiger partial charge in [-0.3, -0.25) is 4.79 Å². The van der Waals surface area contributed by atoms with Crippen LogP contribution in [0.15, 0.2) is 53.2 Å². The van der Waals surface area contributed by atoms with E-state index in [2.05, 4.69) is 0 Å². The van der Waals surface area contributed by atoms with Crippen LogP contribution in [-0.2, 0) is 14.3 Å². The van der Waals surface area contributed by atoms with Crippen LogP contribution in [-0.4, -0.2) is 31.6 Å². The molecule has 0 radical (unpaired) electrons. The first kappa shape index (κ1) is 14.9. The molecule has 1 amide bonds. The Labute approximate surface area is 132 Å². The highest BCUT2D eigenvalue weighted by Crippen LogP contribution is 2.33. The molecule has 0 aliphatic carbocycles. The second-order valence-corrected chi connectivity index (χ2v) is 4.89. The number of fused-ring (bicyclic) bond motifs is 1. The minimum atomic E-state index is -0.851. The van der Waals surface area contributed by atoms with Gasteiger partial charge in [0.05, 0.1) is 25.6 Å². The summed E-state index contributed by atoms with van der Waals surface area (Å²) in [5.74, 6) is 0.247. The summed E-state index contributed by atoms with van der Waals surface area (Å²) < 4.78 is 15.5. The number of rotatable bonds is 3. The normalized spacial score (nSPS) is 16.7. The predicted octanol–water partition coefficient (Wildman–Crippen LogP) is 2.26. The van der Waals surface area contributed by atoms with Crippen molar-refractivity contribution >= 4 is 23.6 Å². The summed E-state index contributed by atoms with van der Waals surface area (Å²) in [5.41, 5.74) is 0.613. The van der Waals surface area contributed by atoms with Crippen LogP contribution >= 0.6 is 0 Å². The Kier molecular flexibility index (Phi) is 4.14. The predicted molar refractivity (Wildman–Crippen MR) is 83.0 cm³/mol. The van der Waals surface area contributed by atoms with Crippen LogP contribution < -0.4 is 9.64 Å². The van der Waals surface area contributed by atoms with Crippen LogP contribution in [0.1, 0.15) is 5.76 Å². The van der Waals surface area contributed by atoms with Crippen molar-refractivity contribution in [2.24, 2.45) is 0 Å². The van der Waals surface area contributed by atoms with E-state index in [0.29, 0.717) is 17.2 Å². The smallest absolute Gasteiger partial charge is 0.348 e.